The normalized spacial score (nSPS) is 30.3. The molecule has 3 rings (SSSR count). The fourth-order valence-corrected chi connectivity index (χ4v) is 3.62. The van der Waals surface area contributed by atoms with Crippen LogP contribution in [-0.2, 0) is 4.79 Å². The summed E-state index contributed by atoms with van der Waals surface area (Å²) in [5.74, 6) is -2.70. The average Bonchev–Trinajstić information content (AvgIpc) is 2.96. The highest BCUT2D eigenvalue weighted by Crippen LogP contribution is 2.25. The van der Waals surface area contributed by atoms with Gasteiger partial charge in [-0.25, -0.2) is 8.78 Å². The van der Waals surface area contributed by atoms with E-state index in [0.717, 1.165) is 44.5 Å². The van der Waals surface area contributed by atoms with E-state index in [0.29, 0.717) is 12.5 Å². The number of hydrogen-bond donors (Lipinski definition) is 3. The van der Waals surface area contributed by atoms with Crippen molar-refractivity contribution in [2.45, 2.75) is 43.8 Å². The molecule has 0 saturated carbocycles. The van der Waals surface area contributed by atoms with Crippen LogP contribution in [-0.4, -0.2) is 66.7 Å². The molecule has 140 valence electrons. The van der Waals surface area contributed by atoms with Crippen LogP contribution < -0.4 is 10.6 Å². The fourth-order valence-electron chi connectivity index (χ4n) is 3.62. The van der Waals surface area contributed by atoms with E-state index in [2.05, 4.69) is 27.7 Å². The second kappa shape index (κ2) is 7.93. The van der Waals surface area contributed by atoms with E-state index in [-0.39, 0.29) is 12.0 Å². The number of carbonyl (C=O) groups is 1. The smallest absolute Gasteiger partial charge is 0.262 e. The second-order valence-corrected chi connectivity index (χ2v) is 7.38. The molecule has 3 aliphatic rings. The predicted molar refractivity (Wildman–Crippen MR) is 91.4 cm³/mol. The minimum Gasteiger partial charge on any atom is -0.393 e. The Morgan fingerprint density at radius 2 is 2.16 bits per heavy atom. The largest absolute Gasteiger partial charge is 0.393 e. The summed E-state index contributed by atoms with van der Waals surface area (Å²) in [7, 11) is 0. The molecular formula is C18H27F2N3O2. The number of alkyl halides is 2. The third-order valence-corrected chi connectivity index (χ3v) is 5.21. The first-order valence-electron chi connectivity index (χ1n) is 9.08. The zero-order chi connectivity index (χ0) is 17.9. The molecule has 0 radical (unpaired) electrons. The Hall–Kier alpha value is -1.31. The Kier molecular flexibility index (Phi) is 5.86. The first-order valence-corrected chi connectivity index (χ1v) is 9.08. The standard InChI is InChI=1S/C18H27F2N3O2/c19-18(20)9-16(22-12-18)17(25)21-10-13-1-3-14(4-2-13)11-23-7-5-15(24)6-8-23/h1-3,14-16,22,24H,4-12H2,(H,21,25). The molecule has 2 aliphatic heterocycles. The zero-order valence-electron chi connectivity index (χ0n) is 14.4. The summed E-state index contributed by atoms with van der Waals surface area (Å²) in [6.45, 7) is 2.82. The molecule has 25 heavy (non-hydrogen) atoms. The first-order chi connectivity index (χ1) is 11.9. The summed E-state index contributed by atoms with van der Waals surface area (Å²) in [5, 5.41) is 14.9. The lowest BCUT2D eigenvalue weighted by Crippen LogP contribution is -2.41. The summed E-state index contributed by atoms with van der Waals surface area (Å²) in [6.07, 6.45) is 8.32. The Bertz CT molecular complexity index is 542. The van der Waals surface area contributed by atoms with Crippen molar-refractivity contribution in [3.63, 3.8) is 0 Å². The average molecular weight is 355 g/mol. The molecule has 0 aromatic rings. The highest BCUT2D eigenvalue weighted by atomic mass is 19.3. The van der Waals surface area contributed by atoms with Gasteiger partial charge in [0, 0.05) is 32.6 Å². The van der Waals surface area contributed by atoms with Gasteiger partial charge < -0.3 is 15.3 Å². The third-order valence-electron chi connectivity index (χ3n) is 5.21. The minimum atomic E-state index is -2.79. The molecule has 0 spiro atoms. The quantitative estimate of drug-likeness (QED) is 0.690. The van der Waals surface area contributed by atoms with E-state index in [1.54, 1.807) is 0 Å². The van der Waals surface area contributed by atoms with Gasteiger partial charge in [-0.15, -0.1) is 0 Å². The lowest BCUT2D eigenvalue weighted by atomic mass is 9.95. The lowest BCUT2D eigenvalue weighted by Gasteiger charge is -2.32. The molecule has 0 bridgehead atoms. The van der Waals surface area contributed by atoms with Crippen LogP contribution in [0.3, 0.4) is 0 Å². The van der Waals surface area contributed by atoms with Crippen molar-refractivity contribution in [3.8, 4) is 0 Å². The van der Waals surface area contributed by atoms with Crippen molar-refractivity contribution >= 4 is 5.91 Å². The Morgan fingerprint density at radius 3 is 2.76 bits per heavy atom. The maximum absolute atomic E-state index is 13.1. The number of carbonyl (C=O) groups excluding carboxylic acids is 1. The summed E-state index contributed by atoms with van der Waals surface area (Å²) in [6, 6.07) is -0.801. The molecule has 2 fully saturated rings. The van der Waals surface area contributed by atoms with Crippen molar-refractivity contribution in [3.05, 3.63) is 23.8 Å². The van der Waals surface area contributed by atoms with E-state index in [1.807, 2.05) is 6.08 Å². The molecule has 2 saturated heterocycles. The summed E-state index contributed by atoms with van der Waals surface area (Å²) in [5.41, 5.74) is 1.02. The van der Waals surface area contributed by atoms with E-state index >= 15 is 0 Å². The van der Waals surface area contributed by atoms with Crippen molar-refractivity contribution in [1.82, 2.24) is 15.5 Å². The van der Waals surface area contributed by atoms with Gasteiger partial charge >= 0.3 is 0 Å². The van der Waals surface area contributed by atoms with Crippen LogP contribution in [0.5, 0.6) is 0 Å². The topological polar surface area (TPSA) is 64.6 Å². The molecule has 1 aliphatic carbocycles. The molecule has 0 aromatic heterocycles. The molecule has 2 atom stereocenters. The van der Waals surface area contributed by atoms with E-state index in [9.17, 15) is 18.7 Å². The number of halogens is 2. The Balaban J connectivity index is 1.37. The van der Waals surface area contributed by atoms with Gasteiger partial charge in [0.2, 0.25) is 5.91 Å². The van der Waals surface area contributed by atoms with Gasteiger partial charge in [0.25, 0.3) is 5.92 Å². The predicted octanol–water partition coefficient (Wildman–Crippen LogP) is 1.06. The van der Waals surface area contributed by atoms with Crippen molar-refractivity contribution in [2.75, 3.05) is 32.7 Å². The van der Waals surface area contributed by atoms with Crippen LogP contribution >= 0.6 is 0 Å². The van der Waals surface area contributed by atoms with Crippen LogP contribution in [0.2, 0.25) is 0 Å². The first kappa shape index (κ1) is 18.5. The van der Waals surface area contributed by atoms with Crippen LogP contribution in [0.25, 0.3) is 0 Å². The second-order valence-electron chi connectivity index (χ2n) is 7.38. The molecular weight excluding hydrogens is 328 g/mol. The number of nitrogens with zero attached hydrogens (tertiary/aromatic N) is 1. The molecule has 0 aromatic carbocycles. The van der Waals surface area contributed by atoms with Gasteiger partial charge in [-0.1, -0.05) is 18.2 Å². The highest BCUT2D eigenvalue weighted by Gasteiger charge is 2.42. The van der Waals surface area contributed by atoms with Crippen molar-refractivity contribution < 1.29 is 18.7 Å². The number of piperidine rings is 1. The summed E-state index contributed by atoms with van der Waals surface area (Å²) < 4.78 is 26.2. The number of rotatable bonds is 5. The lowest BCUT2D eigenvalue weighted by molar-refractivity contribution is -0.123. The Labute approximate surface area is 147 Å². The van der Waals surface area contributed by atoms with E-state index < -0.39 is 24.9 Å². The van der Waals surface area contributed by atoms with Crippen LogP contribution in [0.15, 0.2) is 23.8 Å². The number of nitrogens with one attached hydrogen (secondary N) is 2. The Morgan fingerprint density at radius 1 is 1.40 bits per heavy atom. The van der Waals surface area contributed by atoms with Crippen LogP contribution in [0, 0.1) is 5.92 Å². The van der Waals surface area contributed by atoms with Gasteiger partial charge in [0.05, 0.1) is 18.7 Å². The van der Waals surface area contributed by atoms with Gasteiger partial charge in [-0.2, -0.15) is 0 Å². The molecule has 2 heterocycles. The maximum Gasteiger partial charge on any atom is 0.262 e. The molecule has 1 amide bonds. The summed E-state index contributed by atoms with van der Waals surface area (Å²) >= 11 is 0. The molecule has 3 N–H and O–H groups in total. The number of hydrogen-bond acceptors (Lipinski definition) is 4. The van der Waals surface area contributed by atoms with Gasteiger partial charge in [0.15, 0.2) is 0 Å². The SMILES string of the molecule is O=C(NCC1=CCC(CN2CCC(O)CC2)C=C1)C1CC(F)(F)CN1. The fraction of sp³-hybridized carbons (Fsp3) is 0.722. The van der Waals surface area contributed by atoms with Gasteiger partial charge in [-0.05, 0) is 30.8 Å². The number of amides is 1. The van der Waals surface area contributed by atoms with Crippen molar-refractivity contribution in [1.29, 1.82) is 0 Å². The molecule has 2 unspecified atom stereocenters. The zero-order valence-corrected chi connectivity index (χ0v) is 14.4. The van der Waals surface area contributed by atoms with Crippen LogP contribution in [0.4, 0.5) is 8.78 Å². The third kappa shape index (κ3) is 5.33. The highest BCUT2D eigenvalue weighted by molar-refractivity contribution is 5.82. The number of likely N-dealkylation sites (tertiary alicyclic amines) is 1. The molecule has 7 heteroatoms. The van der Waals surface area contributed by atoms with Crippen molar-refractivity contribution in [2.24, 2.45) is 5.92 Å². The van der Waals surface area contributed by atoms with Gasteiger partial charge in [-0.3, -0.25) is 10.1 Å². The van der Waals surface area contributed by atoms with Gasteiger partial charge in [0.1, 0.15) is 0 Å². The molecule has 5 nitrogen and oxygen atoms in total. The number of allylic oxidation sites excluding steroid dienone is 1. The minimum absolute atomic E-state index is 0.150. The monoisotopic (exact) mass is 355 g/mol. The van der Waals surface area contributed by atoms with Crippen LogP contribution in [0.1, 0.15) is 25.7 Å². The summed E-state index contributed by atoms with van der Waals surface area (Å²) in [4.78, 5) is 14.3. The number of aliphatic hydroxyl groups is 1. The maximum atomic E-state index is 13.1. The van der Waals surface area contributed by atoms with E-state index in [4.69, 9.17) is 0 Å². The van der Waals surface area contributed by atoms with E-state index in [1.165, 1.54) is 0 Å². The number of aliphatic hydroxyl groups excluding tert-OH is 1.